The van der Waals surface area contributed by atoms with Gasteiger partial charge in [-0.05, 0) is 79.6 Å². The molecule has 0 heteroatoms. The van der Waals surface area contributed by atoms with Crippen molar-refractivity contribution in [3.05, 3.63) is 226 Å². The van der Waals surface area contributed by atoms with Gasteiger partial charge in [0.15, 0.2) is 0 Å². The summed E-state index contributed by atoms with van der Waals surface area (Å²) in [6, 6.07) is 57.0. The van der Waals surface area contributed by atoms with Gasteiger partial charge in [-0.3, -0.25) is 0 Å². The molecule has 208 valence electrons. The van der Waals surface area contributed by atoms with Crippen LogP contribution in [0, 0.1) is 0 Å². The molecular formula is C44H32. The summed E-state index contributed by atoms with van der Waals surface area (Å²) in [6.45, 7) is 0. The van der Waals surface area contributed by atoms with Crippen molar-refractivity contribution >= 4 is 0 Å². The molecule has 6 aromatic rings. The van der Waals surface area contributed by atoms with Crippen molar-refractivity contribution in [1.82, 2.24) is 0 Å². The third-order valence-corrected chi connectivity index (χ3v) is 10.3. The van der Waals surface area contributed by atoms with E-state index in [9.17, 15) is 0 Å². The normalized spacial score (nSPS) is 20.5. The minimum atomic E-state index is -0.418. The molecular weight excluding hydrogens is 528 g/mol. The van der Waals surface area contributed by atoms with E-state index in [-0.39, 0.29) is 0 Å². The molecule has 44 heavy (non-hydrogen) atoms. The van der Waals surface area contributed by atoms with Gasteiger partial charge in [0, 0.05) is 0 Å². The van der Waals surface area contributed by atoms with E-state index >= 15 is 0 Å². The maximum atomic E-state index is 2.49. The lowest BCUT2D eigenvalue weighted by Crippen LogP contribution is -2.44. The highest BCUT2D eigenvalue weighted by molar-refractivity contribution is 5.91. The molecule has 0 bridgehead atoms. The molecule has 9 rings (SSSR count). The van der Waals surface area contributed by atoms with Gasteiger partial charge in [-0.15, -0.1) is 0 Å². The molecule has 0 heterocycles. The van der Waals surface area contributed by atoms with Crippen LogP contribution < -0.4 is 0 Å². The molecule has 6 aromatic carbocycles. The SMILES string of the molecule is C1=CCC(C2(c3cccc(Cc4ccccc4)c3)c3ccccc3C3(c4ccccc4)c4ccccc4-c4cccc2c43)=C1. The predicted octanol–water partition coefficient (Wildman–Crippen LogP) is 10.2. The molecule has 0 saturated heterocycles. The maximum absolute atomic E-state index is 2.49. The highest BCUT2D eigenvalue weighted by Gasteiger charge is 2.57. The van der Waals surface area contributed by atoms with E-state index in [0.29, 0.717) is 0 Å². The quantitative estimate of drug-likeness (QED) is 0.196. The van der Waals surface area contributed by atoms with Crippen LogP contribution >= 0.6 is 0 Å². The minimum absolute atomic E-state index is 0.391. The van der Waals surface area contributed by atoms with Gasteiger partial charge in [0.2, 0.25) is 0 Å². The zero-order chi connectivity index (χ0) is 29.1. The lowest BCUT2D eigenvalue weighted by atomic mass is 9.51. The summed E-state index contributed by atoms with van der Waals surface area (Å²) in [5.41, 5.74) is 15.7. The Labute approximate surface area is 259 Å². The second-order valence-corrected chi connectivity index (χ2v) is 12.4. The monoisotopic (exact) mass is 560 g/mol. The summed E-state index contributed by atoms with van der Waals surface area (Å²) in [4.78, 5) is 0. The molecule has 0 fully saturated rings. The molecule has 0 amide bonds. The Kier molecular flexibility index (Phi) is 5.56. The average Bonchev–Trinajstić information content (AvgIpc) is 3.73. The number of fused-ring (bicyclic) bond motifs is 5. The first-order valence-electron chi connectivity index (χ1n) is 15.7. The summed E-state index contributed by atoms with van der Waals surface area (Å²) >= 11 is 0. The Morgan fingerprint density at radius 1 is 0.455 bits per heavy atom. The fraction of sp³-hybridized carbons (Fsp3) is 0.0909. The lowest BCUT2D eigenvalue weighted by molar-refractivity contribution is 0.611. The topological polar surface area (TPSA) is 0 Å². The molecule has 0 nitrogen and oxygen atoms in total. The van der Waals surface area contributed by atoms with Crippen LogP contribution in [0.5, 0.6) is 0 Å². The van der Waals surface area contributed by atoms with E-state index in [1.165, 1.54) is 66.8 Å². The third kappa shape index (κ3) is 3.29. The van der Waals surface area contributed by atoms with Crippen molar-refractivity contribution in [2.24, 2.45) is 0 Å². The standard InChI is InChI=1S/C44H32/c1-3-15-31(16-4-1)29-32-17-13-22-35(30-32)43(33-20-7-8-21-33)39-26-11-12-27-40(39)44(34-18-5-2-6-19-34)38-25-10-9-23-36(38)37-24-14-28-41(43)42(37)44/h1-20,22-28,30H,21,29H2. The van der Waals surface area contributed by atoms with Crippen LogP contribution in [0.2, 0.25) is 0 Å². The highest BCUT2D eigenvalue weighted by atomic mass is 14.6. The van der Waals surface area contributed by atoms with Crippen molar-refractivity contribution in [2.45, 2.75) is 23.7 Å². The number of hydrogen-bond donors (Lipinski definition) is 0. The summed E-state index contributed by atoms with van der Waals surface area (Å²) < 4.78 is 0. The summed E-state index contributed by atoms with van der Waals surface area (Å²) in [5.74, 6) is 0. The molecule has 0 N–H and O–H groups in total. The fourth-order valence-electron chi connectivity index (χ4n) is 8.69. The van der Waals surface area contributed by atoms with Gasteiger partial charge in [-0.25, -0.2) is 0 Å². The largest absolute Gasteiger partial charge is 0.0804 e. The summed E-state index contributed by atoms with van der Waals surface area (Å²) in [5, 5.41) is 0. The van der Waals surface area contributed by atoms with E-state index in [4.69, 9.17) is 0 Å². The van der Waals surface area contributed by atoms with Crippen LogP contribution in [0.4, 0.5) is 0 Å². The Morgan fingerprint density at radius 2 is 1.05 bits per heavy atom. The van der Waals surface area contributed by atoms with E-state index in [0.717, 1.165) is 12.8 Å². The second-order valence-electron chi connectivity index (χ2n) is 12.4. The number of benzene rings is 6. The van der Waals surface area contributed by atoms with Gasteiger partial charge in [-0.2, -0.15) is 0 Å². The average molecular weight is 561 g/mol. The van der Waals surface area contributed by atoms with Crippen LogP contribution in [0.25, 0.3) is 11.1 Å². The molecule has 2 atom stereocenters. The zero-order valence-electron chi connectivity index (χ0n) is 24.6. The van der Waals surface area contributed by atoms with Crippen LogP contribution in [0.3, 0.4) is 0 Å². The van der Waals surface area contributed by atoms with Crippen LogP contribution in [0.15, 0.2) is 175 Å². The first-order chi connectivity index (χ1) is 21.8. The molecule has 0 aliphatic heterocycles. The molecule has 2 unspecified atom stereocenters. The fourth-order valence-corrected chi connectivity index (χ4v) is 8.69. The first-order valence-corrected chi connectivity index (χ1v) is 15.7. The van der Waals surface area contributed by atoms with E-state index in [1.807, 2.05) is 0 Å². The highest BCUT2D eigenvalue weighted by Crippen LogP contribution is 2.66. The van der Waals surface area contributed by atoms with Crippen molar-refractivity contribution in [2.75, 3.05) is 0 Å². The first kappa shape index (κ1) is 25.3. The van der Waals surface area contributed by atoms with Gasteiger partial charge in [0.1, 0.15) is 0 Å². The second kappa shape index (κ2) is 9.66. The van der Waals surface area contributed by atoms with Crippen LogP contribution in [-0.2, 0) is 17.3 Å². The molecule has 0 spiro atoms. The van der Waals surface area contributed by atoms with Gasteiger partial charge in [-0.1, -0.05) is 170 Å². The van der Waals surface area contributed by atoms with Crippen molar-refractivity contribution < 1.29 is 0 Å². The predicted molar refractivity (Wildman–Crippen MR) is 181 cm³/mol. The van der Waals surface area contributed by atoms with Crippen LogP contribution in [0.1, 0.15) is 56.5 Å². The number of allylic oxidation sites excluding steroid dienone is 4. The smallest absolute Gasteiger partial charge is 0.0720 e. The maximum Gasteiger partial charge on any atom is 0.0720 e. The lowest BCUT2D eigenvalue weighted by Gasteiger charge is -2.50. The van der Waals surface area contributed by atoms with Gasteiger partial charge < -0.3 is 0 Å². The Bertz CT molecular complexity index is 2110. The van der Waals surface area contributed by atoms with E-state index in [2.05, 4.69) is 170 Å². The van der Waals surface area contributed by atoms with Crippen LogP contribution in [-0.4, -0.2) is 0 Å². The Balaban J connectivity index is 1.42. The van der Waals surface area contributed by atoms with Crippen molar-refractivity contribution in [3.8, 4) is 11.1 Å². The minimum Gasteiger partial charge on any atom is -0.0804 e. The molecule has 3 aliphatic carbocycles. The molecule has 0 saturated carbocycles. The summed E-state index contributed by atoms with van der Waals surface area (Å²) in [6.07, 6.45) is 8.81. The van der Waals surface area contributed by atoms with Crippen molar-refractivity contribution in [3.63, 3.8) is 0 Å². The van der Waals surface area contributed by atoms with Gasteiger partial charge in [0.05, 0.1) is 10.8 Å². The Hall–Kier alpha value is -5.20. The van der Waals surface area contributed by atoms with E-state index < -0.39 is 10.8 Å². The molecule has 3 aliphatic rings. The Morgan fingerprint density at radius 3 is 1.82 bits per heavy atom. The number of rotatable bonds is 5. The summed E-state index contributed by atoms with van der Waals surface area (Å²) in [7, 11) is 0. The van der Waals surface area contributed by atoms with Gasteiger partial charge >= 0.3 is 0 Å². The van der Waals surface area contributed by atoms with E-state index in [1.54, 1.807) is 0 Å². The number of hydrogen-bond acceptors (Lipinski definition) is 0. The zero-order valence-corrected chi connectivity index (χ0v) is 24.6. The molecule has 0 aromatic heterocycles. The van der Waals surface area contributed by atoms with Crippen molar-refractivity contribution in [1.29, 1.82) is 0 Å². The third-order valence-electron chi connectivity index (χ3n) is 10.3. The molecule has 0 radical (unpaired) electrons. The van der Waals surface area contributed by atoms with Gasteiger partial charge in [0.25, 0.3) is 0 Å².